The van der Waals surface area contributed by atoms with E-state index in [0.717, 1.165) is 22.0 Å². The molecule has 2 heterocycles. The number of aromatic nitrogens is 4. The van der Waals surface area contributed by atoms with Crippen LogP contribution in [0.15, 0.2) is 30.6 Å². The second-order valence-corrected chi connectivity index (χ2v) is 4.75. The van der Waals surface area contributed by atoms with Gasteiger partial charge < -0.3 is 16.6 Å². The van der Waals surface area contributed by atoms with Gasteiger partial charge in [0.1, 0.15) is 5.82 Å². The first-order chi connectivity index (χ1) is 10.2. The molecule has 0 amide bonds. The van der Waals surface area contributed by atoms with Crippen LogP contribution in [0.3, 0.4) is 0 Å². The number of anilines is 2. The molecule has 21 heavy (non-hydrogen) atoms. The molecule has 0 saturated carbocycles. The molecule has 0 atom stereocenters. The first kappa shape index (κ1) is 13.3. The second-order valence-electron chi connectivity index (χ2n) is 4.75. The van der Waals surface area contributed by atoms with Crippen molar-refractivity contribution in [2.75, 3.05) is 18.1 Å². The number of fused-ring (bicyclic) bond motifs is 1. The Hall–Kier alpha value is -2.67. The van der Waals surface area contributed by atoms with Gasteiger partial charge in [-0.3, -0.25) is 4.68 Å². The number of benzene rings is 1. The predicted octanol–water partition coefficient (Wildman–Crippen LogP) is 1.04. The number of aliphatic hydroxyl groups excluding tert-OH is 1. The van der Waals surface area contributed by atoms with Crippen molar-refractivity contribution in [3.63, 3.8) is 0 Å². The van der Waals surface area contributed by atoms with Crippen LogP contribution in [0, 0.1) is 0 Å². The van der Waals surface area contributed by atoms with E-state index in [0.29, 0.717) is 18.8 Å². The summed E-state index contributed by atoms with van der Waals surface area (Å²) in [6.45, 7) is 0.839. The van der Waals surface area contributed by atoms with Crippen molar-refractivity contribution in [1.82, 2.24) is 19.7 Å². The third-order valence-corrected chi connectivity index (χ3v) is 3.32. The first-order valence-electron chi connectivity index (χ1n) is 6.64. The number of aliphatic hydroxyl groups is 1. The lowest BCUT2D eigenvalue weighted by molar-refractivity contribution is 0.278. The summed E-state index contributed by atoms with van der Waals surface area (Å²) in [5.74, 6) is 0.517. The first-order valence-corrected chi connectivity index (χ1v) is 6.64. The molecule has 3 aromatic rings. The van der Waals surface area contributed by atoms with E-state index in [1.165, 1.54) is 0 Å². The Balaban J connectivity index is 2.01. The van der Waals surface area contributed by atoms with E-state index in [2.05, 4.69) is 15.1 Å². The molecule has 0 aliphatic rings. The number of nitrogens with two attached hydrogens (primary N) is 2. The molecule has 0 radical (unpaired) electrons. The van der Waals surface area contributed by atoms with Crippen LogP contribution in [0.2, 0.25) is 0 Å². The average Bonchev–Trinajstić information content (AvgIpc) is 2.87. The smallest absolute Gasteiger partial charge is 0.221 e. The maximum Gasteiger partial charge on any atom is 0.221 e. The quantitative estimate of drug-likeness (QED) is 0.659. The summed E-state index contributed by atoms with van der Waals surface area (Å²) in [5, 5.41) is 14.2. The molecule has 0 aliphatic carbocycles. The van der Waals surface area contributed by atoms with E-state index in [4.69, 9.17) is 16.6 Å². The molecule has 2 aromatic heterocycles. The fourth-order valence-corrected chi connectivity index (χ4v) is 2.29. The molecule has 0 unspecified atom stereocenters. The normalized spacial score (nSPS) is 11.1. The zero-order chi connectivity index (χ0) is 14.8. The number of rotatable bonds is 4. The highest BCUT2D eigenvalue weighted by molar-refractivity contribution is 5.86. The Labute approximate surface area is 121 Å². The van der Waals surface area contributed by atoms with Gasteiger partial charge >= 0.3 is 0 Å². The van der Waals surface area contributed by atoms with Gasteiger partial charge in [-0.15, -0.1) is 0 Å². The molecule has 7 heteroatoms. The van der Waals surface area contributed by atoms with Gasteiger partial charge in [0.05, 0.1) is 11.7 Å². The SMILES string of the molecule is Nc1ncc(-c2ccc3c(cnn3CCCO)c2)c(N)n1. The number of hydrogen-bond acceptors (Lipinski definition) is 6. The molecule has 0 aliphatic heterocycles. The van der Waals surface area contributed by atoms with Crippen molar-refractivity contribution in [1.29, 1.82) is 0 Å². The van der Waals surface area contributed by atoms with E-state index in [1.807, 2.05) is 22.9 Å². The Morgan fingerprint density at radius 3 is 2.81 bits per heavy atom. The minimum absolute atomic E-state index is 0.152. The second kappa shape index (κ2) is 5.37. The number of hydrogen-bond donors (Lipinski definition) is 3. The summed E-state index contributed by atoms with van der Waals surface area (Å²) in [7, 11) is 0. The molecule has 7 nitrogen and oxygen atoms in total. The summed E-state index contributed by atoms with van der Waals surface area (Å²) in [6.07, 6.45) is 4.09. The topological polar surface area (TPSA) is 116 Å². The van der Waals surface area contributed by atoms with Crippen LogP contribution in [-0.2, 0) is 6.54 Å². The molecular formula is C14H16N6O. The monoisotopic (exact) mass is 284 g/mol. The van der Waals surface area contributed by atoms with Crippen molar-refractivity contribution in [3.8, 4) is 11.1 Å². The van der Waals surface area contributed by atoms with Gasteiger partial charge in [0.15, 0.2) is 0 Å². The van der Waals surface area contributed by atoms with Crippen LogP contribution in [0.25, 0.3) is 22.0 Å². The zero-order valence-corrected chi connectivity index (χ0v) is 11.4. The fraction of sp³-hybridized carbons (Fsp3) is 0.214. The Kier molecular flexibility index (Phi) is 3.41. The van der Waals surface area contributed by atoms with Gasteiger partial charge in [-0.1, -0.05) is 6.07 Å². The lowest BCUT2D eigenvalue weighted by atomic mass is 10.1. The molecule has 0 bridgehead atoms. The lowest BCUT2D eigenvalue weighted by Gasteiger charge is -2.06. The van der Waals surface area contributed by atoms with Crippen molar-refractivity contribution >= 4 is 22.7 Å². The molecule has 5 N–H and O–H groups in total. The fourth-order valence-electron chi connectivity index (χ4n) is 2.29. The van der Waals surface area contributed by atoms with Crippen LogP contribution >= 0.6 is 0 Å². The Morgan fingerprint density at radius 1 is 1.19 bits per heavy atom. The van der Waals surface area contributed by atoms with Gasteiger partial charge in [0.2, 0.25) is 5.95 Å². The minimum atomic E-state index is 0.152. The highest BCUT2D eigenvalue weighted by atomic mass is 16.3. The molecule has 3 rings (SSSR count). The third kappa shape index (κ3) is 2.50. The number of nitrogens with zero attached hydrogens (tertiary/aromatic N) is 4. The van der Waals surface area contributed by atoms with Gasteiger partial charge in [0, 0.05) is 30.3 Å². The molecule has 0 saturated heterocycles. The molecular weight excluding hydrogens is 268 g/mol. The minimum Gasteiger partial charge on any atom is -0.396 e. The molecule has 1 aromatic carbocycles. The van der Waals surface area contributed by atoms with Gasteiger partial charge in [-0.2, -0.15) is 10.1 Å². The van der Waals surface area contributed by atoms with Crippen molar-refractivity contribution in [2.24, 2.45) is 0 Å². The van der Waals surface area contributed by atoms with Crippen LogP contribution < -0.4 is 11.5 Å². The van der Waals surface area contributed by atoms with Gasteiger partial charge in [0.25, 0.3) is 0 Å². The summed E-state index contributed by atoms with van der Waals surface area (Å²) in [6, 6.07) is 5.92. The maximum atomic E-state index is 8.90. The van der Waals surface area contributed by atoms with E-state index in [9.17, 15) is 0 Å². The largest absolute Gasteiger partial charge is 0.396 e. The molecule has 0 spiro atoms. The van der Waals surface area contributed by atoms with Crippen LogP contribution in [0.5, 0.6) is 0 Å². The Bertz CT molecular complexity index is 782. The predicted molar refractivity (Wildman–Crippen MR) is 81.3 cm³/mol. The maximum absolute atomic E-state index is 8.90. The summed E-state index contributed by atoms with van der Waals surface area (Å²) in [4.78, 5) is 7.95. The van der Waals surface area contributed by atoms with Crippen molar-refractivity contribution in [3.05, 3.63) is 30.6 Å². The number of nitrogen functional groups attached to an aromatic ring is 2. The van der Waals surface area contributed by atoms with Gasteiger partial charge in [-0.05, 0) is 24.1 Å². The highest BCUT2D eigenvalue weighted by Crippen LogP contribution is 2.27. The van der Waals surface area contributed by atoms with Crippen LogP contribution in [-0.4, -0.2) is 31.5 Å². The third-order valence-electron chi connectivity index (χ3n) is 3.32. The van der Waals surface area contributed by atoms with Crippen molar-refractivity contribution in [2.45, 2.75) is 13.0 Å². The van der Waals surface area contributed by atoms with Crippen molar-refractivity contribution < 1.29 is 5.11 Å². The van der Waals surface area contributed by atoms with Gasteiger partial charge in [-0.25, -0.2) is 4.98 Å². The number of aryl methyl sites for hydroxylation is 1. The van der Waals surface area contributed by atoms with E-state index in [1.54, 1.807) is 12.4 Å². The van der Waals surface area contributed by atoms with Crippen LogP contribution in [0.1, 0.15) is 6.42 Å². The van der Waals surface area contributed by atoms with E-state index >= 15 is 0 Å². The lowest BCUT2D eigenvalue weighted by Crippen LogP contribution is -2.02. The average molecular weight is 284 g/mol. The van der Waals surface area contributed by atoms with E-state index < -0.39 is 0 Å². The molecule has 0 fully saturated rings. The standard InChI is InChI=1S/C14H16N6O/c15-13-11(8-17-14(16)19-13)9-2-3-12-10(6-9)7-18-20(12)4-1-5-21/h2-3,6-8,21H,1,4-5H2,(H4,15,16,17,19). The van der Waals surface area contributed by atoms with Crippen LogP contribution in [0.4, 0.5) is 11.8 Å². The summed E-state index contributed by atoms with van der Waals surface area (Å²) < 4.78 is 1.87. The highest BCUT2D eigenvalue weighted by Gasteiger charge is 2.08. The zero-order valence-electron chi connectivity index (χ0n) is 11.4. The summed E-state index contributed by atoms with van der Waals surface area (Å²) >= 11 is 0. The Morgan fingerprint density at radius 2 is 2.05 bits per heavy atom. The summed E-state index contributed by atoms with van der Waals surface area (Å²) in [5.41, 5.74) is 14.1. The van der Waals surface area contributed by atoms with E-state index in [-0.39, 0.29) is 12.6 Å². The molecule has 108 valence electrons.